The van der Waals surface area contributed by atoms with Crippen LogP contribution < -0.4 is 11.5 Å². The number of benzene rings is 2. The first-order valence-electron chi connectivity index (χ1n) is 6.69. The highest BCUT2D eigenvalue weighted by Crippen LogP contribution is 2.28. The van der Waals surface area contributed by atoms with Gasteiger partial charge in [-0.2, -0.15) is 0 Å². The smallest absolute Gasteiger partial charge is 0.408 e. The first-order chi connectivity index (χ1) is 12.1. The molecule has 0 unspecified atom stereocenters. The monoisotopic (exact) mass is 436 g/mol. The molecule has 0 fully saturated rings. The van der Waals surface area contributed by atoms with Crippen LogP contribution >= 0.6 is 33.9 Å². The zero-order chi connectivity index (χ0) is 19.1. The van der Waals surface area contributed by atoms with E-state index in [1.807, 2.05) is 0 Å². The van der Waals surface area contributed by atoms with Crippen LogP contribution in [0, 0.1) is 0 Å². The number of aromatic amines is 2. The first kappa shape index (κ1) is 18.6. The minimum atomic E-state index is -3.95. The fourth-order valence-corrected chi connectivity index (χ4v) is 3.74. The van der Waals surface area contributed by atoms with Crippen LogP contribution in [0.1, 0.15) is 0 Å². The van der Waals surface area contributed by atoms with E-state index in [1.165, 1.54) is 6.07 Å². The molecule has 2 N–H and O–H groups in total. The lowest BCUT2D eigenvalue weighted by Gasteiger charge is -1.98. The van der Waals surface area contributed by atoms with E-state index < -0.39 is 20.6 Å². The van der Waals surface area contributed by atoms with Gasteiger partial charge in [-0.3, -0.25) is 9.97 Å². The molecule has 0 saturated carbocycles. The summed E-state index contributed by atoms with van der Waals surface area (Å²) in [6.45, 7) is 0. The third-order valence-electron chi connectivity index (χ3n) is 3.12. The van der Waals surface area contributed by atoms with E-state index in [0.29, 0.717) is 21.6 Å². The molecule has 0 spiro atoms. The van der Waals surface area contributed by atoms with E-state index in [1.54, 1.807) is 18.2 Å². The van der Waals surface area contributed by atoms with E-state index in [9.17, 15) is 18.0 Å². The van der Waals surface area contributed by atoms with Crippen molar-refractivity contribution in [1.82, 2.24) is 9.97 Å². The van der Waals surface area contributed by atoms with E-state index >= 15 is 0 Å². The molecule has 0 aliphatic rings. The summed E-state index contributed by atoms with van der Waals surface area (Å²) in [6.07, 6.45) is 0. The highest BCUT2D eigenvalue weighted by molar-refractivity contribution is 8.13. The van der Waals surface area contributed by atoms with Crippen LogP contribution in [0.2, 0.25) is 10.0 Å². The second-order valence-electron chi connectivity index (χ2n) is 4.89. The Morgan fingerprint density at radius 1 is 0.846 bits per heavy atom. The summed E-state index contributed by atoms with van der Waals surface area (Å²) in [5, 5.41) is 0.504. The van der Waals surface area contributed by atoms with Crippen molar-refractivity contribution in [3.05, 3.63) is 61.5 Å². The molecule has 0 saturated heterocycles. The van der Waals surface area contributed by atoms with Gasteiger partial charge in [0, 0.05) is 21.8 Å². The van der Waals surface area contributed by atoms with Gasteiger partial charge in [-0.25, -0.2) is 18.0 Å². The molecule has 0 atom stereocenters. The number of hydrogen-bond acceptors (Lipinski definition) is 6. The van der Waals surface area contributed by atoms with Gasteiger partial charge in [-0.15, -0.1) is 0 Å². The lowest BCUT2D eigenvalue weighted by atomic mass is 10.3. The molecular weight excluding hydrogens is 431 g/mol. The third-order valence-corrected chi connectivity index (χ3v) is 5.14. The van der Waals surface area contributed by atoms with Gasteiger partial charge < -0.3 is 8.83 Å². The molecule has 0 bridgehead atoms. The van der Waals surface area contributed by atoms with E-state index in [-0.39, 0.29) is 15.5 Å². The predicted molar refractivity (Wildman–Crippen MR) is 96.7 cm³/mol. The standard InChI is InChI=1S/C7H3Cl2NO4S.C7H4ClNO2/c8-3-1-4-5(14-7(11)10-4)2-6(3)15(9,12)13;8-4-1-2-6-5(3-4)9-7(10)11-6/h1-2H,(H,10,11);1-3H,(H,9,10). The van der Waals surface area contributed by atoms with Crippen molar-refractivity contribution < 1.29 is 17.3 Å². The van der Waals surface area contributed by atoms with Crippen molar-refractivity contribution in [3.8, 4) is 0 Å². The normalized spacial score (nSPS) is 11.5. The predicted octanol–water partition coefficient (Wildman–Crippen LogP) is 3.48. The Kier molecular flexibility index (Phi) is 4.89. The lowest BCUT2D eigenvalue weighted by molar-refractivity contribution is 0.554. The lowest BCUT2D eigenvalue weighted by Crippen LogP contribution is -1.93. The van der Waals surface area contributed by atoms with Crippen molar-refractivity contribution in [3.63, 3.8) is 0 Å². The molecule has 4 rings (SSSR count). The Morgan fingerprint density at radius 2 is 1.42 bits per heavy atom. The Hall–Kier alpha value is -2.20. The molecule has 2 aromatic heterocycles. The van der Waals surface area contributed by atoms with Crippen molar-refractivity contribution in [2.75, 3.05) is 0 Å². The molecule has 2 aromatic carbocycles. The molecule has 4 aromatic rings. The maximum absolute atomic E-state index is 11.1. The molecule has 0 amide bonds. The van der Waals surface area contributed by atoms with Crippen molar-refractivity contribution >= 4 is 65.1 Å². The second kappa shape index (κ2) is 6.84. The van der Waals surface area contributed by atoms with E-state index in [0.717, 1.165) is 6.07 Å². The van der Waals surface area contributed by atoms with Crippen LogP contribution in [0.15, 0.2) is 53.7 Å². The summed E-state index contributed by atoms with van der Waals surface area (Å²) in [7, 11) is 1.18. The van der Waals surface area contributed by atoms with Gasteiger partial charge in [0.25, 0.3) is 9.05 Å². The molecule has 0 aliphatic carbocycles. The molecule has 0 aliphatic heterocycles. The molecule has 0 radical (unpaired) electrons. The minimum absolute atomic E-state index is 0.0745. The Morgan fingerprint density at radius 3 is 2.04 bits per heavy atom. The van der Waals surface area contributed by atoms with Crippen LogP contribution in [0.5, 0.6) is 0 Å². The number of rotatable bonds is 1. The molecule has 2 heterocycles. The fourth-order valence-electron chi connectivity index (χ4n) is 2.06. The Bertz CT molecular complexity index is 1330. The van der Waals surface area contributed by atoms with Crippen molar-refractivity contribution in [2.24, 2.45) is 0 Å². The summed E-state index contributed by atoms with van der Waals surface area (Å²) >= 11 is 11.3. The highest BCUT2D eigenvalue weighted by Gasteiger charge is 2.17. The van der Waals surface area contributed by atoms with Gasteiger partial charge >= 0.3 is 11.5 Å². The van der Waals surface area contributed by atoms with Crippen LogP contribution in [0.4, 0.5) is 0 Å². The summed E-state index contributed by atoms with van der Waals surface area (Å²) in [5.74, 6) is -1.15. The Balaban J connectivity index is 0.000000158. The van der Waals surface area contributed by atoms with Gasteiger partial charge in [-0.1, -0.05) is 23.2 Å². The maximum Gasteiger partial charge on any atom is 0.417 e. The largest absolute Gasteiger partial charge is 0.417 e. The van der Waals surface area contributed by atoms with Gasteiger partial charge in [0.05, 0.1) is 16.1 Å². The van der Waals surface area contributed by atoms with Gasteiger partial charge in [0.1, 0.15) is 4.90 Å². The zero-order valence-corrected chi connectivity index (χ0v) is 15.5. The molecule has 12 heteroatoms. The average Bonchev–Trinajstić information content (AvgIpc) is 3.05. The number of halogens is 3. The maximum atomic E-state index is 11.1. The summed E-state index contributed by atoms with van der Waals surface area (Å²) < 4.78 is 31.5. The number of oxazole rings is 2. The number of nitrogens with one attached hydrogen (secondary N) is 2. The van der Waals surface area contributed by atoms with Crippen LogP contribution in [-0.2, 0) is 9.05 Å². The summed E-state index contributed by atoms with van der Waals surface area (Å²) in [4.78, 5) is 26.0. The van der Waals surface area contributed by atoms with E-state index in [4.69, 9.17) is 38.3 Å². The number of hydrogen-bond donors (Lipinski definition) is 2. The first-order valence-corrected chi connectivity index (χ1v) is 9.75. The highest BCUT2D eigenvalue weighted by atomic mass is 35.7. The van der Waals surface area contributed by atoms with Gasteiger partial charge in [-0.05, 0) is 24.3 Å². The summed E-state index contributed by atoms with van der Waals surface area (Å²) in [5.41, 5.74) is 1.56. The van der Waals surface area contributed by atoms with Crippen LogP contribution in [-0.4, -0.2) is 18.4 Å². The molecular formula is C14H7Cl3N2O6S. The van der Waals surface area contributed by atoms with E-state index in [2.05, 4.69) is 14.4 Å². The number of fused-ring (bicyclic) bond motifs is 2. The van der Waals surface area contributed by atoms with Gasteiger partial charge in [0.15, 0.2) is 11.2 Å². The second-order valence-corrected chi connectivity index (χ2v) is 8.26. The number of H-pyrrole nitrogens is 2. The SMILES string of the molecule is O=c1[nH]c2cc(Cl)c(S(=O)(=O)Cl)cc2o1.O=c1[nH]c2cc(Cl)ccc2o1. The summed E-state index contributed by atoms with van der Waals surface area (Å²) in [6, 6.07) is 7.31. The minimum Gasteiger partial charge on any atom is -0.408 e. The Labute approximate surface area is 158 Å². The quantitative estimate of drug-likeness (QED) is 0.439. The number of aromatic nitrogens is 2. The average molecular weight is 438 g/mol. The van der Waals surface area contributed by atoms with Crippen molar-refractivity contribution in [2.45, 2.75) is 4.90 Å². The fraction of sp³-hybridized carbons (Fsp3) is 0. The topological polar surface area (TPSA) is 126 Å². The van der Waals surface area contributed by atoms with Crippen molar-refractivity contribution in [1.29, 1.82) is 0 Å². The van der Waals surface area contributed by atoms with Crippen LogP contribution in [0.25, 0.3) is 22.2 Å². The molecule has 136 valence electrons. The zero-order valence-electron chi connectivity index (χ0n) is 12.4. The molecule has 26 heavy (non-hydrogen) atoms. The van der Waals surface area contributed by atoms with Gasteiger partial charge in [0.2, 0.25) is 0 Å². The third kappa shape index (κ3) is 3.96. The van der Waals surface area contributed by atoms with Crippen LogP contribution in [0.3, 0.4) is 0 Å². The molecule has 8 nitrogen and oxygen atoms in total.